The normalized spacial score (nSPS) is 19.1. The molecule has 0 radical (unpaired) electrons. The van der Waals surface area contributed by atoms with Crippen molar-refractivity contribution in [2.75, 3.05) is 19.8 Å². The molecule has 1 aliphatic rings. The first kappa shape index (κ1) is 43.7. The van der Waals surface area contributed by atoms with E-state index in [1.54, 1.807) is 0 Å². The summed E-state index contributed by atoms with van der Waals surface area (Å²) in [5, 5.41) is 21.4. The van der Waals surface area contributed by atoms with E-state index < -0.39 is 56.6 Å². The fourth-order valence-corrected chi connectivity index (χ4v) is 6.73. The van der Waals surface area contributed by atoms with Gasteiger partial charge in [0.15, 0.2) is 12.3 Å². The van der Waals surface area contributed by atoms with E-state index in [1.165, 1.54) is 76.8 Å². The summed E-state index contributed by atoms with van der Waals surface area (Å²) in [6.07, 6.45) is 20.0. The van der Waals surface area contributed by atoms with Crippen LogP contribution < -0.4 is 16.6 Å². The molecule has 14 nitrogen and oxygen atoms in total. The van der Waals surface area contributed by atoms with Gasteiger partial charge in [0.2, 0.25) is 5.91 Å². The third-order valence-corrected chi connectivity index (χ3v) is 9.47. The third-order valence-electron chi connectivity index (χ3n) is 9.05. The maximum absolute atomic E-state index is 12.3. The number of carbonyl (C=O) groups is 2. The van der Waals surface area contributed by atoms with E-state index in [0.717, 1.165) is 62.0 Å². The lowest BCUT2D eigenvalue weighted by Gasteiger charge is -2.22. The lowest BCUT2D eigenvalue weighted by Crippen LogP contribution is -2.40. The Hall–Kier alpha value is -2.48. The summed E-state index contributed by atoms with van der Waals surface area (Å²) in [5.41, 5.74) is -1.33. The summed E-state index contributed by atoms with van der Waals surface area (Å²) in [4.78, 5) is 58.0. The number of aromatic amines is 1. The monoisotopic (exact) mass is 730 g/mol. The summed E-state index contributed by atoms with van der Waals surface area (Å²) >= 11 is 0. The van der Waals surface area contributed by atoms with Gasteiger partial charge >= 0.3 is 19.9 Å². The van der Waals surface area contributed by atoms with Crippen molar-refractivity contribution in [3.8, 4) is 0 Å². The Morgan fingerprint density at radius 2 is 1.32 bits per heavy atom. The van der Waals surface area contributed by atoms with Gasteiger partial charge in [-0.05, 0) is 25.7 Å². The second-order valence-electron chi connectivity index (χ2n) is 13.2. The zero-order chi connectivity index (χ0) is 36.4. The van der Waals surface area contributed by atoms with E-state index in [1.807, 2.05) is 0 Å². The predicted octanol–water partition coefficient (Wildman–Crippen LogP) is 5.63. The molecule has 0 spiro atoms. The molecule has 0 saturated carbocycles. The SMILES string of the molecule is O=C(O)CCCCCCCCCCCCCCCCCCC(=O)NCCCCCCOC1C(O[P+](=O)O)[C@@H](CO)O[C@H]1n1ccc(=O)[nH]c1=O. The maximum atomic E-state index is 12.3. The predicted molar refractivity (Wildman–Crippen MR) is 189 cm³/mol. The molecule has 1 saturated heterocycles. The second-order valence-corrected chi connectivity index (χ2v) is 13.9. The Morgan fingerprint density at radius 3 is 1.84 bits per heavy atom. The highest BCUT2D eigenvalue weighted by atomic mass is 31.1. The summed E-state index contributed by atoms with van der Waals surface area (Å²) in [7, 11) is -3.03. The first-order chi connectivity index (χ1) is 24.2. The van der Waals surface area contributed by atoms with Crippen molar-refractivity contribution in [1.82, 2.24) is 14.9 Å². The standard InChI is InChI=1S/C35H60N3O11P/c39-27-28-32(49-50(45)46)33(34(48-28)38-25-23-30(41)37-35(38)44)47-26-20-16-15-19-24-36-29(40)21-17-13-11-9-7-5-3-1-2-4-6-8-10-12-14-18-22-31(42)43/h23,25,28,32-34,39H,1-22,24,26-27H2,(H3-,36,37,40,41,42,43,44,45,46)/p+1/t28-,32?,33?,34-/m1/s1. The number of aliphatic hydroxyl groups excluding tert-OH is 1. The van der Waals surface area contributed by atoms with Gasteiger partial charge in [-0.15, -0.1) is 9.42 Å². The molecule has 1 fully saturated rings. The minimum Gasteiger partial charge on any atom is -0.481 e. The van der Waals surface area contributed by atoms with Gasteiger partial charge in [0.25, 0.3) is 5.56 Å². The van der Waals surface area contributed by atoms with E-state index in [-0.39, 0.29) is 12.5 Å². The Balaban J connectivity index is 1.44. The third kappa shape index (κ3) is 19.2. The number of carbonyl (C=O) groups excluding carboxylic acids is 1. The van der Waals surface area contributed by atoms with Crippen LogP contribution in [-0.2, 0) is 28.2 Å². The zero-order valence-corrected chi connectivity index (χ0v) is 30.5. The molecular weight excluding hydrogens is 669 g/mol. The van der Waals surface area contributed by atoms with E-state index in [2.05, 4.69) is 10.3 Å². The molecular formula is C35H61N3O11P+. The number of aliphatic hydroxyl groups is 1. The van der Waals surface area contributed by atoms with Crippen molar-refractivity contribution in [3.05, 3.63) is 33.1 Å². The number of hydrogen-bond acceptors (Lipinski definition) is 9. The van der Waals surface area contributed by atoms with Crippen molar-refractivity contribution in [2.45, 2.75) is 166 Å². The molecule has 3 unspecified atom stereocenters. The number of rotatable bonds is 31. The van der Waals surface area contributed by atoms with Gasteiger partial charge in [-0.3, -0.25) is 23.9 Å². The minimum absolute atomic E-state index is 0.0861. The van der Waals surface area contributed by atoms with Crippen molar-refractivity contribution in [1.29, 1.82) is 0 Å². The Labute approximate surface area is 296 Å². The molecule has 286 valence electrons. The topological polar surface area (TPSA) is 206 Å². The highest BCUT2D eigenvalue weighted by Gasteiger charge is 2.51. The number of carboxylic acid groups (broad SMARTS) is 1. The van der Waals surface area contributed by atoms with Gasteiger partial charge in [0.1, 0.15) is 12.2 Å². The van der Waals surface area contributed by atoms with Gasteiger partial charge in [-0.1, -0.05) is 103 Å². The molecule has 0 aromatic carbocycles. The van der Waals surface area contributed by atoms with Crippen molar-refractivity contribution in [3.63, 3.8) is 0 Å². The van der Waals surface area contributed by atoms with E-state index in [9.17, 15) is 33.7 Å². The molecule has 0 aliphatic carbocycles. The number of carboxylic acids is 1. The van der Waals surface area contributed by atoms with Crippen molar-refractivity contribution in [2.24, 2.45) is 0 Å². The summed E-state index contributed by atoms with van der Waals surface area (Å²) < 4.78 is 29.3. The maximum Gasteiger partial charge on any atom is 0.695 e. The van der Waals surface area contributed by atoms with Crippen LogP contribution in [0.2, 0.25) is 0 Å². The van der Waals surface area contributed by atoms with Crippen LogP contribution in [0.15, 0.2) is 21.9 Å². The van der Waals surface area contributed by atoms with Gasteiger partial charge in [-0.2, -0.15) is 0 Å². The highest BCUT2D eigenvalue weighted by Crippen LogP contribution is 2.37. The summed E-state index contributed by atoms with van der Waals surface area (Å²) in [6, 6.07) is 1.14. The molecule has 1 amide bonds. The largest absolute Gasteiger partial charge is 0.695 e. The van der Waals surface area contributed by atoms with E-state index in [0.29, 0.717) is 25.8 Å². The number of amides is 1. The highest BCUT2D eigenvalue weighted by molar-refractivity contribution is 7.32. The van der Waals surface area contributed by atoms with Crippen LogP contribution in [0.25, 0.3) is 0 Å². The fourth-order valence-electron chi connectivity index (χ4n) is 6.27. The second kappa shape index (κ2) is 27.2. The average Bonchev–Trinajstić information content (AvgIpc) is 3.40. The number of aliphatic carboxylic acids is 1. The molecule has 1 aliphatic heterocycles. The molecule has 5 N–H and O–H groups in total. The van der Waals surface area contributed by atoms with Crippen LogP contribution in [0.1, 0.15) is 147 Å². The van der Waals surface area contributed by atoms with Crippen LogP contribution in [0, 0.1) is 0 Å². The van der Waals surface area contributed by atoms with Crippen LogP contribution in [0.5, 0.6) is 0 Å². The summed E-state index contributed by atoms with van der Waals surface area (Å²) in [6.45, 7) is 0.328. The van der Waals surface area contributed by atoms with E-state index >= 15 is 0 Å². The van der Waals surface area contributed by atoms with Crippen LogP contribution in [0.3, 0.4) is 0 Å². The number of nitrogens with one attached hydrogen (secondary N) is 2. The van der Waals surface area contributed by atoms with Crippen LogP contribution in [0.4, 0.5) is 0 Å². The molecule has 50 heavy (non-hydrogen) atoms. The minimum atomic E-state index is -3.03. The quantitative estimate of drug-likeness (QED) is 0.0468. The smallest absolute Gasteiger partial charge is 0.481 e. The fraction of sp³-hybridized carbons (Fsp3) is 0.829. The molecule has 1 aromatic heterocycles. The molecule has 2 heterocycles. The number of nitrogens with zero attached hydrogens (tertiary/aromatic N) is 1. The molecule has 1 aromatic rings. The van der Waals surface area contributed by atoms with Gasteiger partial charge in [0.05, 0.1) is 6.61 Å². The van der Waals surface area contributed by atoms with Gasteiger partial charge in [-0.25, -0.2) is 4.79 Å². The van der Waals surface area contributed by atoms with Gasteiger partial charge in [0, 0.05) is 42.8 Å². The van der Waals surface area contributed by atoms with E-state index in [4.69, 9.17) is 19.1 Å². The van der Waals surface area contributed by atoms with Crippen LogP contribution >= 0.6 is 8.25 Å². The average molecular weight is 731 g/mol. The lowest BCUT2D eigenvalue weighted by molar-refractivity contribution is -0.137. The van der Waals surface area contributed by atoms with Crippen molar-refractivity contribution < 1.29 is 43.3 Å². The molecule has 0 bridgehead atoms. The summed E-state index contributed by atoms with van der Waals surface area (Å²) in [5.74, 6) is -0.605. The Bertz CT molecular complexity index is 1210. The first-order valence-corrected chi connectivity index (χ1v) is 19.9. The number of aromatic nitrogens is 2. The first-order valence-electron chi connectivity index (χ1n) is 18.7. The zero-order valence-electron chi connectivity index (χ0n) is 29.6. The number of unbranched alkanes of at least 4 members (excludes halogenated alkanes) is 18. The molecule has 5 atom stereocenters. The van der Waals surface area contributed by atoms with Crippen molar-refractivity contribution >= 4 is 20.1 Å². The Kier molecular flexibility index (Phi) is 23.8. The molecule has 15 heteroatoms. The lowest BCUT2D eigenvalue weighted by atomic mass is 10.0. The Morgan fingerprint density at radius 1 is 0.800 bits per heavy atom. The number of ether oxygens (including phenoxy) is 2. The molecule has 2 rings (SSSR count). The number of hydrogen-bond donors (Lipinski definition) is 5. The van der Waals surface area contributed by atoms with Crippen LogP contribution in [-0.4, -0.2) is 74.6 Å². The van der Waals surface area contributed by atoms with Gasteiger partial charge < -0.3 is 25.0 Å². The number of H-pyrrole nitrogens is 1.